The van der Waals surface area contributed by atoms with Gasteiger partial charge in [-0.05, 0) is 17.7 Å². The van der Waals surface area contributed by atoms with Gasteiger partial charge in [0, 0.05) is 7.05 Å². The third-order valence-corrected chi connectivity index (χ3v) is 4.46. The summed E-state index contributed by atoms with van der Waals surface area (Å²) < 4.78 is 14.3. The highest BCUT2D eigenvalue weighted by atomic mass is 32.2. The third-order valence-electron chi connectivity index (χ3n) is 3.09. The number of rotatable bonds is 3. The molecule has 0 amide bonds. The maximum atomic E-state index is 12.4. The van der Waals surface area contributed by atoms with Crippen LogP contribution < -0.4 is 0 Å². The Morgan fingerprint density at radius 2 is 1.74 bits per heavy atom. The van der Waals surface area contributed by atoms with Crippen LogP contribution in [0.1, 0.15) is 5.56 Å². The summed E-state index contributed by atoms with van der Waals surface area (Å²) in [6, 6.07) is 17.7. The molecular formula is C15H14N2OS. The Kier molecular flexibility index (Phi) is 3.17. The topological polar surface area (TPSA) is 34.9 Å². The van der Waals surface area contributed by atoms with Gasteiger partial charge in [-0.25, -0.2) is 4.98 Å². The molecule has 1 atom stereocenters. The molecule has 4 heteroatoms. The van der Waals surface area contributed by atoms with E-state index in [1.54, 1.807) is 0 Å². The molecule has 0 saturated carbocycles. The number of hydrogen-bond acceptors (Lipinski definition) is 2. The number of aromatic nitrogens is 2. The lowest BCUT2D eigenvalue weighted by Crippen LogP contribution is -2.03. The van der Waals surface area contributed by atoms with Crippen molar-refractivity contribution in [2.75, 3.05) is 0 Å². The SMILES string of the molecule is Cn1c(S(=O)Cc2ccccc2)nc2ccccc21. The molecule has 1 aromatic heterocycles. The molecule has 3 aromatic rings. The van der Waals surface area contributed by atoms with Gasteiger partial charge in [-0.3, -0.25) is 4.21 Å². The summed E-state index contributed by atoms with van der Waals surface area (Å²) >= 11 is 0. The lowest BCUT2D eigenvalue weighted by Gasteiger charge is -2.02. The van der Waals surface area contributed by atoms with Gasteiger partial charge in [0.15, 0.2) is 5.16 Å². The Balaban J connectivity index is 1.96. The summed E-state index contributed by atoms with van der Waals surface area (Å²) in [5.41, 5.74) is 2.97. The van der Waals surface area contributed by atoms with Gasteiger partial charge in [-0.15, -0.1) is 0 Å². The number of imidazole rings is 1. The average Bonchev–Trinajstić information content (AvgIpc) is 2.78. The van der Waals surface area contributed by atoms with E-state index < -0.39 is 10.8 Å². The summed E-state index contributed by atoms with van der Waals surface area (Å²) in [5.74, 6) is 0.498. The van der Waals surface area contributed by atoms with Crippen LogP contribution in [-0.2, 0) is 23.6 Å². The largest absolute Gasteiger partial charge is 0.320 e. The van der Waals surface area contributed by atoms with Crippen molar-refractivity contribution in [3.05, 3.63) is 60.2 Å². The molecule has 0 saturated heterocycles. The van der Waals surface area contributed by atoms with E-state index in [-0.39, 0.29) is 0 Å². The van der Waals surface area contributed by atoms with Crippen molar-refractivity contribution >= 4 is 21.8 Å². The van der Waals surface area contributed by atoms with Gasteiger partial charge in [0.05, 0.1) is 27.6 Å². The van der Waals surface area contributed by atoms with Crippen LogP contribution in [0.4, 0.5) is 0 Å². The van der Waals surface area contributed by atoms with E-state index in [9.17, 15) is 4.21 Å². The summed E-state index contributed by atoms with van der Waals surface area (Å²) in [6.45, 7) is 0. The number of hydrogen-bond donors (Lipinski definition) is 0. The quantitative estimate of drug-likeness (QED) is 0.733. The van der Waals surface area contributed by atoms with Crippen LogP contribution in [-0.4, -0.2) is 13.8 Å². The third kappa shape index (κ3) is 2.31. The van der Waals surface area contributed by atoms with Crippen LogP contribution in [0.3, 0.4) is 0 Å². The predicted octanol–water partition coefficient (Wildman–Crippen LogP) is 2.88. The van der Waals surface area contributed by atoms with Crippen LogP contribution in [0.15, 0.2) is 59.8 Å². The van der Waals surface area contributed by atoms with E-state index in [1.807, 2.05) is 66.2 Å². The molecule has 1 unspecified atom stereocenters. The zero-order valence-electron chi connectivity index (χ0n) is 10.6. The van der Waals surface area contributed by atoms with Gasteiger partial charge >= 0.3 is 0 Å². The maximum absolute atomic E-state index is 12.4. The number of nitrogens with zero attached hydrogens (tertiary/aromatic N) is 2. The van der Waals surface area contributed by atoms with Crippen LogP contribution in [0.2, 0.25) is 0 Å². The van der Waals surface area contributed by atoms with E-state index in [0.717, 1.165) is 16.6 Å². The molecule has 0 N–H and O–H groups in total. The van der Waals surface area contributed by atoms with Crippen LogP contribution in [0.25, 0.3) is 11.0 Å². The number of para-hydroxylation sites is 2. The smallest absolute Gasteiger partial charge is 0.200 e. The second-order valence-corrected chi connectivity index (χ2v) is 5.76. The zero-order valence-corrected chi connectivity index (χ0v) is 11.4. The highest BCUT2D eigenvalue weighted by Crippen LogP contribution is 2.18. The van der Waals surface area contributed by atoms with Crippen molar-refractivity contribution < 1.29 is 4.21 Å². The molecule has 3 nitrogen and oxygen atoms in total. The Bertz CT molecular complexity index is 734. The van der Waals surface area contributed by atoms with E-state index in [4.69, 9.17) is 0 Å². The first kappa shape index (κ1) is 12.1. The molecular weight excluding hydrogens is 256 g/mol. The second kappa shape index (κ2) is 4.97. The molecule has 0 bridgehead atoms. The molecule has 0 fully saturated rings. The molecule has 96 valence electrons. The van der Waals surface area contributed by atoms with Crippen molar-refractivity contribution in [1.29, 1.82) is 0 Å². The molecule has 0 spiro atoms. The summed E-state index contributed by atoms with van der Waals surface area (Å²) in [7, 11) is 0.784. The van der Waals surface area contributed by atoms with Crippen LogP contribution in [0.5, 0.6) is 0 Å². The highest BCUT2D eigenvalue weighted by molar-refractivity contribution is 7.84. The fourth-order valence-electron chi connectivity index (χ4n) is 2.12. The van der Waals surface area contributed by atoms with Gasteiger partial charge in [-0.1, -0.05) is 42.5 Å². The van der Waals surface area contributed by atoms with Gasteiger partial charge in [0.1, 0.15) is 0 Å². The predicted molar refractivity (Wildman–Crippen MR) is 77.3 cm³/mol. The monoisotopic (exact) mass is 270 g/mol. The van der Waals surface area contributed by atoms with Gasteiger partial charge in [0.25, 0.3) is 0 Å². The molecule has 19 heavy (non-hydrogen) atoms. The lowest BCUT2D eigenvalue weighted by atomic mass is 10.2. The fraction of sp³-hybridized carbons (Fsp3) is 0.133. The zero-order chi connectivity index (χ0) is 13.2. The van der Waals surface area contributed by atoms with Crippen molar-refractivity contribution in [3.8, 4) is 0 Å². The first-order valence-corrected chi connectivity index (χ1v) is 7.41. The van der Waals surface area contributed by atoms with E-state index in [2.05, 4.69) is 4.98 Å². The van der Waals surface area contributed by atoms with E-state index in [0.29, 0.717) is 10.9 Å². The van der Waals surface area contributed by atoms with E-state index >= 15 is 0 Å². The fourth-order valence-corrected chi connectivity index (χ4v) is 3.35. The van der Waals surface area contributed by atoms with Crippen LogP contribution in [0, 0.1) is 0 Å². The van der Waals surface area contributed by atoms with E-state index in [1.165, 1.54) is 0 Å². The molecule has 1 heterocycles. The summed E-state index contributed by atoms with van der Waals surface area (Å²) in [5, 5.41) is 0.630. The molecule has 0 aliphatic carbocycles. The van der Waals surface area contributed by atoms with Crippen molar-refractivity contribution in [1.82, 2.24) is 9.55 Å². The Hall–Kier alpha value is -1.94. The molecule has 0 aliphatic rings. The Morgan fingerprint density at radius 1 is 1.05 bits per heavy atom. The second-order valence-electron chi connectivity index (χ2n) is 4.42. The molecule has 0 radical (unpaired) electrons. The summed E-state index contributed by atoms with van der Waals surface area (Å²) in [6.07, 6.45) is 0. The average molecular weight is 270 g/mol. The van der Waals surface area contributed by atoms with Crippen molar-refractivity contribution in [2.45, 2.75) is 10.9 Å². The molecule has 2 aromatic carbocycles. The first-order valence-electron chi connectivity index (χ1n) is 6.09. The maximum Gasteiger partial charge on any atom is 0.200 e. The van der Waals surface area contributed by atoms with Crippen molar-refractivity contribution in [2.24, 2.45) is 7.05 Å². The Morgan fingerprint density at radius 3 is 2.47 bits per heavy atom. The minimum Gasteiger partial charge on any atom is -0.320 e. The minimum absolute atomic E-state index is 0.498. The standard InChI is InChI=1S/C15H14N2OS/c1-17-14-10-6-5-9-13(14)16-15(17)19(18)11-12-7-3-2-4-8-12/h2-10H,11H2,1H3. The van der Waals surface area contributed by atoms with Crippen LogP contribution >= 0.6 is 0 Å². The van der Waals surface area contributed by atoms with Gasteiger partial charge in [-0.2, -0.15) is 0 Å². The normalized spacial score (nSPS) is 12.7. The summed E-state index contributed by atoms with van der Waals surface area (Å²) in [4.78, 5) is 4.47. The molecule has 3 rings (SSSR count). The Labute approximate surface area is 114 Å². The van der Waals surface area contributed by atoms with Gasteiger partial charge in [0.2, 0.25) is 0 Å². The molecule has 0 aliphatic heterocycles. The lowest BCUT2D eigenvalue weighted by molar-refractivity contribution is 0.667. The highest BCUT2D eigenvalue weighted by Gasteiger charge is 2.13. The number of aryl methyl sites for hydroxylation is 1. The van der Waals surface area contributed by atoms with Gasteiger partial charge < -0.3 is 4.57 Å². The minimum atomic E-state index is -1.13. The number of benzene rings is 2. The number of fused-ring (bicyclic) bond motifs is 1. The first-order chi connectivity index (χ1) is 9.25. The van der Waals surface area contributed by atoms with Crippen molar-refractivity contribution in [3.63, 3.8) is 0 Å².